The van der Waals surface area contributed by atoms with E-state index < -0.39 is 27.8 Å². The first-order valence-electron chi connectivity index (χ1n) is 7.80. The van der Waals surface area contributed by atoms with Gasteiger partial charge in [-0.3, -0.25) is 0 Å². The van der Waals surface area contributed by atoms with Gasteiger partial charge in [0.1, 0.15) is 4.90 Å². The third-order valence-electron chi connectivity index (χ3n) is 3.95. The van der Waals surface area contributed by atoms with Gasteiger partial charge in [0, 0.05) is 12.6 Å². The van der Waals surface area contributed by atoms with E-state index in [9.17, 15) is 21.6 Å². The normalized spacial score (nSPS) is 13.8. The summed E-state index contributed by atoms with van der Waals surface area (Å²) in [6, 6.07) is 6.39. The second-order valence-electron chi connectivity index (χ2n) is 6.15. The molecule has 0 saturated carbocycles. The van der Waals surface area contributed by atoms with Gasteiger partial charge < -0.3 is 4.90 Å². The van der Waals surface area contributed by atoms with Crippen molar-refractivity contribution >= 4 is 44.8 Å². The molecule has 0 radical (unpaired) electrons. The van der Waals surface area contributed by atoms with Crippen LogP contribution in [0.5, 0.6) is 0 Å². The van der Waals surface area contributed by atoms with Crippen molar-refractivity contribution in [1.82, 2.24) is 9.62 Å². The Morgan fingerprint density at radius 2 is 1.64 bits per heavy atom. The van der Waals surface area contributed by atoms with Gasteiger partial charge in [0.05, 0.1) is 20.6 Å². The van der Waals surface area contributed by atoms with Crippen molar-refractivity contribution in [2.75, 3.05) is 20.6 Å². The molecular weight excluding hydrogens is 460 g/mol. The summed E-state index contributed by atoms with van der Waals surface area (Å²) in [7, 11) is -0.819. The summed E-state index contributed by atoms with van der Waals surface area (Å²) in [4.78, 5) is 1.33. The molecule has 0 saturated heterocycles. The summed E-state index contributed by atoms with van der Waals surface area (Å²) < 4.78 is 66.5. The molecule has 0 fully saturated rings. The van der Waals surface area contributed by atoms with Crippen LogP contribution < -0.4 is 4.72 Å². The molecule has 1 atom stereocenters. The van der Waals surface area contributed by atoms with Crippen LogP contribution >= 0.6 is 34.8 Å². The largest absolute Gasteiger partial charge is 0.416 e. The first-order chi connectivity index (χ1) is 12.8. The first kappa shape index (κ1) is 23.3. The molecule has 0 aliphatic rings. The fourth-order valence-electron chi connectivity index (χ4n) is 2.50. The Morgan fingerprint density at radius 3 is 2.21 bits per heavy atom. The van der Waals surface area contributed by atoms with Crippen molar-refractivity contribution in [3.8, 4) is 0 Å². The number of alkyl halides is 3. The Kier molecular flexibility index (Phi) is 7.28. The Labute approximate surface area is 176 Å². The van der Waals surface area contributed by atoms with Crippen molar-refractivity contribution in [3.63, 3.8) is 0 Å². The average Bonchev–Trinajstić information content (AvgIpc) is 2.57. The van der Waals surface area contributed by atoms with Crippen LogP contribution in [0.25, 0.3) is 0 Å². The third kappa shape index (κ3) is 5.52. The van der Waals surface area contributed by atoms with Gasteiger partial charge >= 0.3 is 6.18 Å². The van der Waals surface area contributed by atoms with Crippen molar-refractivity contribution in [2.24, 2.45) is 0 Å². The number of rotatable bonds is 6. The highest BCUT2D eigenvalue weighted by atomic mass is 35.5. The van der Waals surface area contributed by atoms with E-state index in [1.807, 2.05) is 0 Å². The van der Waals surface area contributed by atoms with Crippen LogP contribution in [0.15, 0.2) is 41.3 Å². The van der Waals surface area contributed by atoms with Crippen molar-refractivity contribution in [1.29, 1.82) is 0 Å². The number of halogens is 6. The molecule has 4 nitrogen and oxygen atoms in total. The van der Waals surface area contributed by atoms with E-state index in [4.69, 9.17) is 34.8 Å². The number of nitrogens with zero attached hydrogens (tertiary/aromatic N) is 1. The lowest BCUT2D eigenvalue weighted by molar-refractivity contribution is -0.137. The first-order valence-corrected chi connectivity index (χ1v) is 10.4. The predicted molar refractivity (Wildman–Crippen MR) is 105 cm³/mol. The molecule has 0 spiro atoms. The second-order valence-corrected chi connectivity index (χ2v) is 9.11. The van der Waals surface area contributed by atoms with Crippen LogP contribution in [-0.2, 0) is 16.2 Å². The van der Waals surface area contributed by atoms with Gasteiger partial charge in [0.15, 0.2) is 0 Å². The van der Waals surface area contributed by atoms with Gasteiger partial charge in [-0.05, 0) is 43.9 Å². The summed E-state index contributed by atoms with van der Waals surface area (Å²) >= 11 is 17.6. The van der Waals surface area contributed by atoms with E-state index in [-0.39, 0.29) is 26.5 Å². The summed E-state index contributed by atoms with van der Waals surface area (Å²) in [6.45, 7) is -0.187. The van der Waals surface area contributed by atoms with Gasteiger partial charge in [-0.1, -0.05) is 46.9 Å². The number of likely N-dealkylation sites (N-methyl/N-ethyl adjacent to an activating group) is 1. The molecule has 28 heavy (non-hydrogen) atoms. The third-order valence-corrected chi connectivity index (χ3v) is 6.56. The van der Waals surface area contributed by atoms with Gasteiger partial charge in [-0.2, -0.15) is 13.2 Å². The molecule has 0 heterocycles. The molecule has 0 bridgehead atoms. The number of hydrogen-bond donors (Lipinski definition) is 1. The van der Waals surface area contributed by atoms with E-state index in [1.54, 1.807) is 19.0 Å². The second kappa shape index (κ2) is 8.77. The quantitative estimate of drug-likeness (QED) is 0.581. The van der Waals surface area contributed by atoms with E-state index >= 15 is 0 Å². The molecule has 0 aromatic heterocycles. The minimum absolute atomic E-state index is 0.00785. The van der Waals surface area contributed by atoms with E-state index in [1.165, 1.54) is 18.2 Å². The lowest BCUT2D eigenvalue weighted by atomic mass is 10.0. The van der Waals surface area contributed by atoms with Gasteiger partial charge in [-0.15, -0.1) is 0 Å². The molecule has 154 valence electrons. The number of nitrogens with one attached hydrogen (secondary N) is 1. The summed E-state index contributed by atoms with van der Waals surface area (Å²) in [5.74, 6) is 0. The summed E-state index contributed by atoms with van der Waals surface area (Å²) in [6.07, 6.45) is -4.50. The minimum Gasteiger partial charge on any atom is -0.301 e. The SMILES string of the molecule is CN(C)[C@H](CNS(=O)(=O)c1cc(Cl)c(Cl)cc1Cl)c1cccc(C(F)(F)F)c1. The van der Waals surface area contributed by atoms with Crippen LogP contribution in [0.1, 0.15) is 17.2 Å². The Balaban J connectivity index is 2.30. The standard InChI is InChI=1S/C17H16Cl3F3N2O2S/c1-25(2)15(10-4-3-5-11(6-10)17(21,22)23)9-24-28(26,27)16-8-13(19)12(18)7-14(16)20/h3-8,15,24H,9H2,1-2H3/t15-/m1/s1. The number of sulfonamides is 1. The number of hydrogen-bond acceptors (Lipinski definition) is 3. The van der Waals surface area contributed by atoms with Crippen molar-refractivity contribution in [3.05, 3.63) is 62.6 Å². The van der Waals surface area contributed by atoms with Crippen molar-refractivity contribution in [2.45, 2.75) is 17.1 Å². The van der Waals surface area contributed by atoms with Crippen LogP contribution in [0.3, 0.4) is 0 Å². The highest BCUT2D eigenvalue weighted by Gasteiger charge is 2.31. The molecule has 1 N–H and O–H groups in total. The molecule has 11 heteroatoms. The molecule has 0 amide bonds. The lowest BCUT2D eigenvalue weighted by Crippen LogP contribution is -2.34. The average molecular weight is 476 g/mol. The fraction of sp³-hybridized carbons (Fsp3) is 0.294. The summed E-state index contributed by atoms with van der Waals surface area (Å²) in [5, 5.41) is -0.0170. The molecule has 2 rings (SSSR count). The molecule has 0 aliphatic carbocycles. The zero-order chi connectivity index (χ0) is 21.3. The smallest absolute Gasteiger partial charge is 0.301 e. The molecule has 0 aliphatic heterocycles. The minimum atomic E-state index is -4.50. The highest BCUT2D eigenvalue weighted by molar-refractivity contribution is 7.89. The van der Waals surface area contributed by atoms with E-state index in [0.29, 0.717) is 5.56 Å². The summed E-state index contributed by atoms with van der Waals surface area (Å²) in [5.41, 5.74) is -0.505. The van der Waals surface area contributed by atoms with E-state index in [2.05, 4.69) is 4.72 Å². The zero-order valence-corrected chi connectivity index (χ0v) is 17.8. The molecule has 2 aromatic carbocycles. The van der Waals surface area contributed by atoms with Crippen LogP contribution in [0.4, 0.5) is 13.2 Å². The lowest BCUT2D eigenvalue weighted by Gasteiger charge is -2.26. The monoisotopic (exact) mass is 474 g/mol. The van der Waals surface area contributed by atoms with Gasteiger partial charge in [0.2, 0.25) is 10.0 Å². The zero-order valence-electron chi connectivity index (χ0n) is 14.7. The van der Waals surface area contributed by atoms with Gasteiger partial charge in [-0.25, -0.2) is 13.1 Å². The maximum absolute atomic E-state index is 13.0. The maximum atomic E-state index is 13.0. The fourth-order valence-corrected chi connectivity index (χ4v) is 4.54. The highest BCUT2D eigenvalue weighted by Crippen LogP contribution is 2.33. The van der Waals surface area contributed by atoms with Gasteiger partial charge in [0.25, 0.3) is 0 Å². The van der Waals surface area contributed by atoms with Crippen LogP contribution in [-0.4, -0.2) is 34.0 Å². The Morgan fingerprint density at radius 1 is 1.04 bits per heavy atom. The van der Waals surface area contributed by atoms with E-state index in [0.717, 1.165) is 18.2 Å². The van der Waals surface area contributed by atoms with Crippen molar-refractivity contribution < 1.29 is 21.6 Å². The topological polar surface area (TPSA) is 49.4 Å². The molecule has 2 aromatic rings. The Hall–Kier alpha value is -1.03. The predicted octanol–water partition coefficient (Wildman–Crippen LogP) is 5.25. The Bertz CT molecular complexity index is 967. The maximum Gasteiger partial charge on any atom is 0.416 e. The van der Waals surface area contributed by atoms with Crippen LogP contribution in [0.2, 0.25) is 15.1 Å². The van der Waals surface area contributed by atoms with Crippen LogP contribution in [0, 0.1) is 0 Å². The number of benzene rings is 2. The molecular formula is C17H16Cl3F3N2O2S. The molecule has 0 unspecified atom stereocenters.